The fraction of sp³-hybridized carbons (Fsp3) is 0.533. The Balaban J connectivity index is 2.04. The largest absolute Gasteiger partial charge is 0.392 e. The lowest BCUT2D eigenvalue weighted by molar-refractivity contribution is 0.0317. The van der Waals surface area contributed by atoms with Crippen LogP contribution in [0.3, 0.4) is 0 Å². The molecule has 1 saturated heterocycles. The zero-order chi connectivity index (χ0) is 13.0. The third kappa shape index (κ3) is 3.10. The van der Waals surface area contributed by atoms with E-state index in [-0.39, 0.29) is 12.1 Å². The zero-order valence-corrected chi connectivity index (χ0v) is 10.8. The Hall–Kier alpha value is -1.37. The fourth-order valence-electron chi connectivity index (χ4n) is 2.68. The number of hydrogen-bond acceptors (Lipinski definition) is 3. The van der Waals surface area contributed by atoms with Gasteiger partial charge >= 0.3 is 0 Å². The van der Waals surface area contributed by atoms with E-state index in [1.54, 1.807) is 0 Å². The topological polar surface area (TPSA) is 47.3 Å². The van der Waals surface area contributed by atoms with Crippen LogP contribution in [0.1, 0.15) is 37.3 Å². The van der Waals surface area contributed by atoms with Crippen molar-refractivity contribution in [2.75, 3.05) is 6.54 Å². The molecule has 1 aliphatic rings. The lowest BCUT2D eigenvalue weighted by Gasteiger charge is -2.37. The van der Waals surface area contributed by atoms with E-state index in [1.165, 1.54) is 18.4 Å². The van der Waals surface area contributed by atoms with Crippen LogP contribution in [-0.2, 0) is 6.54 Å². The summed E-state index contributed by atoms with van der Waals surface area (Å²) in [5, 5.41) is 18.6. The summed E-state index contributed by atoms with van der Waals surface area (Å²) in [5.41, 5.74) is 1.91. The van der Waals surface area contributed by atoms with Crippen molar-refractivity contribution in [3.63, 3.8) is 0 Å². The van der Waals surface area contributed by atoms with Crippen molar-refractivity contribution in [1.29, 1.82) is 5.26 Å². The highest BCUT2D eigenvalue weighted by Gasteiger charge is 2.25. The summed E-state index contributed by atoms with van der Waals surface area (Å²) in [4.78, 5) is 2.36. The van der Waals surface area contributed by atoms with Crippen LogP contribution in [0.5, 0.6) is 0 Å². The predicted molar refractivity (Wildman–Crippen MR) is 70.9 cm³/mol. The number of piperidine rings is 1. The number of aliphatic hydroxyl groups excluding tert-OH is 1. The van der Waals surface area contributed by atoms with E-state index in [4.69, 9.17) is 5.26 Å². The number of likely N-dealkylation sites (tertiary alicyclic amines) is 1. The number of rotatable bonds is 3. The quantitative estimate of drug-likeness (QED) is 0.887. The maximum absolute atomic E-state index is 9.82. The van der Waals surface area contributed by atoms with Gasteiger partial charge in [0.15, 0.2) is 0 Å². The van der Waals surface area contributed by atoms with Crippen molar-refractivity contribution in [2.45, 2.75) is 44.9 Å². The standard InChI is InChI=1S/C15H20N2O/c1-12(18)15-4-2-3-9-17(15)11-14-7-5-13(10-16)6-8-14/h5-8,12,15,18H,2-4,9,11H2,1H3/t12-,15-/m0/s1. The van der Waals surface area contributed by atoms with E-state index < -0.39 is 0 Å². The van der Waals surface area contributed by atoms with Crippen molar-refractivity contribution in [1.82, 2.24) is 4.90 Å². The van der Waals surface area contributed by atoms with Crippen LogP contribution in [-0.4, -0.2) is 28.7 Å². The van der Waals surface area contributed by atoms with E-state index in [0.29, 0.717) is 5.56 Å². The normalized spacial score (nSPS) is 22.4. The fourth-order valence-corrected chi connectivity index (χ4v) is 2.68. The van der Waals surface area contributed by atoms with E-state index in [9.17, 15) is 5.11 Å². The molecule has 0 bridgehead atoms. The van der Waals surface area contributed by atoms with Gasteiger partial charge < -0.3 is 5.11 Å². The summed E-state index contributed by atoms with van der Waals surface area (Å²) < 4.78 is 0. The van der Waals surface area contributed by atoms with Crippen molar-refractivity contribution in [3.8, 4) is 6.07 Å². The molecule has 18 heavy (non-hydrogen) atoms. The molecule has 1 aliphatic heterocycles. The van der Waals surface area contributed by atoms with Gasteiger partial charge in [-0.2, -0.15) is 5.26 Å². The van der Waals surface area contributed by atoms with Crippen LogP contribution in [0.15, 0.2) is 24.3 Å². The van der Waals surface area contributed by atoms with Gasteiger partial charge in [0.05, 0.1) is 17.7 Å². The maximum Gasteiger partial charge on any atom is 0.0991 e. The lowest BCUT2D eigenvalue weighted by atomic mass is 9.97. The SMILES string of the molecule is C[C@H](O)[C@@H]1CCCCN1Cc1ccc(C#N)cc1. The molecule has 0 aliphatic carbocycles. The number of hydrogen-bond donors (Lipinski definition) is 1. The molecule has 96 valence electrons. The number of nitriles is 1. The van der Waals surface area contributed by atoms with Gasteiger partial charge in [-0.05, 0) is 44.0 Å². The molecule has 0 saturated carbocycles. The summed E-state index contributed by atoms with van der Waals surface area (Å²) in [6.45, 7) is 3.79. The maximum atomic E-state index is 9.82. The second-order valence-electron chi connectivity index (χ2n) is 5.08. The van der Waals surface area contributed by atoms with Crippen LogP contribution in [0.25, 0.3) is 0 Å². The molecule has 1 N–H and O–H groups in total. The second-order valence-corrected chi connectivity index (χ2v) is 5.08. The van der Waals surface area contributed by atoms with E-state index in [0.717, 1.165) is 19.5 Å². The monoisotopic (exact) mass is 244 g/mol. The average molecular weight is 244 g/mol. The van der Waals surface area contributed by atoms with Crippen molar-refractivity contribution >= 4 is 0 Å². The Bertz CT molecular complexity index is 419. The molecular weight excluding hydrogens is 224 g/mol. The van der Waals surface area contributed by atoms with Crippen molar-refractivity contribution in [2.24, 2.45) is 0 Å². The van der Waals surface area contributed by atoms with Crippen molar-refractivity contribution < 1.29 is 5.11 Å². The summed E-state index contributed by atoms with van der Waals surface area (Å²) in [6, 6.07) is 10.1. The van der Waals surface area contributed by atoms with Crippen LogP contribution in [0.2, 0.25) is 0 Å². The molecule has 0 aromatic heterocycles. The molecule has 3 nitrogen and oxygen atoms in total. The summed E-state index contributed by atoms with van der Waals surface area (Å²) in [5.74, 6) is 0. The molecule has 0 amide bonds. The minimum atomic E-state index is -0.274. The summed E-state index contributed by atoms with van der Waals surface area (Å²) in [7, 11) is 0. The van der Waals surface area contributed by atoms with Gasteiger partial charge in [-0.3, -0.25) is 4.90 Å². The van der Waals surface area contributed by atoms with Gasteiger partial charge in [0.2, 0.25) is 0 Å². The van der Waals surface area contributed by atoms with Gasteiger partial charge in [0.25, 0.3) is 0 Å². The Morgan fingerprint density at radius 1 is 1.39 bits per heavy atom. The van der Waals surface area contributed by atoms with Gasteiger partial charge in [-0.1, -0.05) is 18.6 Å². The molecule has 0 radical (unpaired) electrons. The van der Waals surface area contributed by atoms with Crippen LogP contribution in [0.4, 0.5) is 0 Å². The van der Waals surface area contributed by atoms with Crippen LogP contribution in [0, 0.1) is 11.3 Å². The Kier molecular flexibility index (Phi) is 4.35. The minimum Gasteiger partial charge on any atom is -0.392 e. The zero-order valence-electron chi connectivity index (χ0n) is 10.8. The first-order valence-corrected chi connectivity index (χ1v) is 6.62. The predicted octanol–water partition coefficient (Wildman–Crippen LogP) is 2.29. The highest BCUT2D eigenvalue weighted by atomic mass is 16.3. The molecule has 0 unspecified atom stereocenters. The van der Waals surface area contributed by atoms with Crippen LogP contribution >= 0.6 is 0 Å². The van der Waals surface area contributed by atoms with Gasteiger partial charge in [0.1, 0.15) is 0 Å². The third-order valence-electron chi connectivity index (χ3n) is 3.69. The van der Waals surface area contributed by atoms with Gasteiger partial charge in [-0.25, -0.2) is 0 Å². The van der Waals surface area contributed by atoms with E-state index >= 15 is 0 Å². The average Bonchev–Trinajstić information content (AvgIpc) is 2.40. The first-order valence-electron chi connectivity index (χ1n) is 6.62. The molecular formula is C15H20N2O. The van der Waals surface area contributed by atoms with E-state index in [2.05, 4.69) is 11.0 Å². The Morgan fingerprint density at radius 3 is 2.72 bits per heavy atom. The Morgan fingerprint density at radius 2 is 2.11 bits per heavy atom. The number of aliphatic hydroxyl groups is 1. The second kappa shape index (κ2) is 5.99. The molecule has 2 atom stereocenters. The Labute approximate surface area is 109 Å². The number of benzene rings is 1. The molecule has 1 heterocycles. The van der Waals surface area contributed by atoms with Crippen LogP contribution < -0.4 is 0 Å². The molecule has 0 spiro atoms. The third-order valence-corrected chi connectivity index (χ3v) is 3.69. The van der Waals surface area contributed by atoms with Gasteiger partial charge in [-0.15, -0.1) is 0 Å². The van der Waals surface area contributed by atoms with E-state index in [1.807, 2.05) is 31.2 Å². The minimum absolute atomic E-state index is 0.273. The highest BCUT2D eigenvalue weighted by Crippen LogP contribution is 2.22. The lowest BCUT2D eigenvalue weighted by Crippen LogP contribution is -2.45. The van der Waals surface area contributed by atoms with Crippen molar-refractivity contribution in [3.05, 3.63) is 35.4 Å². The summed E-state index contributed by atoms with van der Waals surface area (Å²) in [6.07, 6.45) is 3.22. The molecule has 3 heteroatoms. The smallest absolute Gasteiger partial charge is 0.0991 e. The highest BCUT2D eigenvalue weighted by molar-refractivity contribution is 5.31. The molecule has 2 rings (SSSR count). The first kappa shape index (κ1) is 13.1. The molecule has 1 aromatic rings. The van der Waals surface area contributed by atoms with Gasteiger partial charge in [0, 0.05) is 12.6 Å². The molecule has 1 aromatic carbocycles. The first-order chi connectivity index (χ1) is 8.70. The molecule has 1 fully saturated rings. The number of nitrogens with zero attached hydrogens (tertiary/aromatic N) is 2. The summed E-state index contributed by atoms with van der Waals surface area (Å²) >= 11 is 0.